The van der Waals surface area contributed by atoms with E-state index in [-0.39, 0.29) is 35.5 Å². The lowest BCUT2D eigenvalue weighted by molar-refractivity contribution is -0.121. The Bertz CT molecular complexity index is 1280. The molecule has 0 saturated carbocycles. The van der Waals surface area contributed by atoms with Gasteiger partial charge in [0.1, 0.15) is 17.3 Å². The molecule has 0 saturated heterocycles. The van der Waals surface area contributed by atoms with E-state index < -0.39 is 17.4 Å². The monoisotopic (exact) mass is 454 g/mol. The van der Waals surface area contributed by atoms with Crippen molar-refractivity contribution in [2.75, 3.05) is 14.2 Å². The number of carbonyl (C=O) groups is 1. The Morgan fingerprint density at radius 1 is 1.15 bits per heavy atom. The molecule has 8 nitrogen and oxygen atoms in total. The summed E-state index contributed by atoms with van der Waals surface area (Å²) in [5.41, 5.74) is 1.84. The number of carbonyl (C=O) groups excluding carboxylic acids is 1. The highest BCUT2D eigenvalue weighted by Crippen LogP contribution is 2.28. The van der Waals surface area contributed by atoms with Gasteiger partial charge >= 0.3 is 0 Å². The van der Waals surface area contributed by atoms with Gasteiger partial charge in [0.05, 0.1) is 7.11 Å². The fraction of sp³-hybridized carbons (Fsp3) is 0.217. The van der Waals surface area contributed by atoms with Crippen molar-refractivity contribution in [1.82, 2.24) is 15.0 Å². The summed E-state index contributed by atoms with van der Waals surface area (Å²) in [6.07, 6.45) is 1.31. The zero-order valence-corrected chi connectivity index (χ0v) is 18.3. The van der Waals surface area contributed by atoms with Crippen molar-refractivity contribution in [1.29, 1.82) is 0 Å². The topological polar surface area (TPSA) is 90.1 Å². The number of halogens is 2. The van der Waals surface area contributed by atoms with Crippen LogP contribution in [0.1, 0.15) is 23.9 Å². The van der Waals surface area contributed by atoms with E-state index in [4.69, 9.17) is 14.0 Å². The lowest BCUT2D eigenvalue weighted by Gasteiger charge is -2.08. The van der Waals surface area contributed by atoms with E-state index in [1.807, 2.05) is 13.0 Å². The molecule has 4 rings (SSSR count). The van der Waals surface area contributed by atoms with Crippen LogP contribution in [0, 0.1) is 18.6 Å². The van der Waals surface area contributed by atoms with Gasteiger partial charge in [-0.05, 0) is 49.2 Å². The van der Waals surface area contributed by atoms with Crippen LogP contribution < -0.4 is 9.47 Å². The summed E-state index contributed by atoms with van der Waals surface area (Å²) in [6.45, 7) is 3.23. The number of methoxy groups -OCH3 is 1. The van der Waals surface area contributed by atoms with E-state index in [0.29, 0.717) is 17.1 Å². The Morgan fingerprint density at radius 2 is 1.88 bits per heavy atom. The smallest absolute Gasteiger partial charge is 0.277 e. The summed E-state index contributed by atoms with van der Waals surface area (Å²) >= 11 is 0. The number of hydrogen-bond donors (Lipinski definition) is 0. The average molecular weight is 454 g/mol. The molecule has 0 spiro atoms. The van der Waals surface area contributed by atoms with Crippen LogP contribution in [0.5, 0.6) is 11.5 Å². The Labute approximate surface area is 188 Å². The van der Waals surface area contributed by atoms with E-state index in [2.05, 4.69) is 15.1 Å². The van der Waals surface area contributed by atoms with Gasteiger partial charge in [0, 0.05) is 12.6 Å². The Morgan fingerprint density at radius 3 is 2.52 bits per heavy atom. The lowest BCUT2D eigenvalue weighted by atomic mass is 10.1. The van der Waals surface area contributed by atoms with Crippen molar-refractivity contribution in [3.05, 3.63) is 64.7 Å². The molecule has 3 aromatic rings. The summed E-state index contributed by atoms with van der Waals surface area (Å²) in [4.78, 5) is 21.7. The highest BCUT2D eigenvalue weighted by Gasteiger charge is 2.24. The molecule has 1 aromatic heterocycles. The van der Waals surface area contributed by atoms with Crippen LogP contribution in [0.25, 0.3) is 17.5 Å². The van der Waals surface area contributed by atoms with Crippen LogP contribution in [-0.2, 0) is 11.4 Å². The number of aromatic nitrogens is 2. The number of benzene rings is 2. The fourth-order valence-electron chi connectivity index (χ4n) is 3.19. The molecule has 10 heteroatoms. The maximum absolute atomic E-state index is 14.5. The maximum atomic E-state index is 14.5. The molecule has 2 aromatic carbocycles. The molecular weight excluding hydrogens is 434 g/mol. The van der Waals surface area contributed by atoms with Crippen LogP contribution in [0.15, 0.2) is 45.5 Å². The van der Waals surface area contributed by atoms with Crippen LogP contribution in [-0.4, -0.2) is 40.9 Å². The third kappa shape index (κ3) is 4.45. The van der Waals surface area contributed by atoms with Gasteiger partial charge < -0.3 is 14.0 Å². The second kappa shape index (κ2) is 8.81. The molecule has 0 fully saturated rings. The zero-order chi connectivity index (χ0) is 23.7. The van der Waals surface area contributed by atoms with Crippen molar-refractivity contribution in [3.63, 3.8) is 0 Å². The van der Waals surface area contributed by atoms with Crippen LogP contribution in [0.2, 0.25) is 0 Å². The first-order valence-electron chi connectivity index (χ1n) is 9.91. The van der Waals surface area contributed by atoms with E-state index in [9.17, 15) is 13.6 Å². The van der Waals surface area contributed by atoms with Crippen molar-refractivity contribution >= 4 is 17.8 Å². The van der Waals surface area contributed by atoms with Crippen molar-refractivity contribution in [2.45, 2.75) is 20.5 Å². The first kappa shape index (κ1) is 22.1. The molecule has 1 aliphatic rings. The van der Waals surface area contributed by atoms with Gasteiger partial charge in [-0.2, -0.15) is 4.98 Å². The first-order valence-corrected chi connectivity index (χ1v) is 9.91. The molecule has 0 radical (unpaired) electrons. The number of ether oxygens (including phenoxy) is 2. The minimum atomic E-state index is -0.940. The summed E-state index contributed by atoms with van der Waals surface area (Å²) in [6, 6.07) is 7.53. The van der Waals surface area contributed by atoms with E-state index in [0.717, 1.165) is 17.7 Å². The largest absolute Gasteiger partial charge is 0.496 e. The van der Waals surface area contributed by atoms with Crippen LogP contribution >= 0.6 is 0 Å². The molecule has 33 heavy (non-hydrogen) atoms. The molecule has 2 heterocycles. The van der Waals surface area contributed by atoms with Crippen LogP contribution in [0.3, 0.4) is 0 Å². The predicted octanol–water partition coefficient (Wildman–Crippen LogP) is 4.14. The standard InChI is InChI=1S/C23H20F2N4O4/c1-12-5-6-15(10-19(12)31-4)22-27-20(33-28-22)11-32-21-16(24)7-14(8-17(21)25)9-18-23(30)29(3)13(2)26-18/h5-10H,11H2,1-4H3/b18-9+. The Hall–Kier alpha value is -4.08. The molecule has 0 N–H and O–H groups in total. The summed E-state index contributed by atoms with van der Waals surface area (Å²) in [7, 11) is 3.13. The molecule has 170 valence electrons. The van der Waals surface area contributed by atoms with Gasteiger partial charge in [-0.15, -0.1) is 0 Å². The molecule has 0 bridgehead atoms. The third-order valence-corrected chi connectivity index (χ3v) is 5.09. The number of nitrogens with zero attached hydrogens (tertiary/aromatic N) is 4. The molecule has 0 aliphatic carbocycles. The summed E-state index contributed by atoms with van der Waals surface area (Å²) in [5.74, 6) is -1.34. The first-order chi connectivity index (χ1) is 15.8. The quantitative estimate of drug-likeness (QED) is 0.520. The van der Waals surface area contributed by atoms with E-state index in [1.54, 1.807) is 33.2 Å². The van der Waals surface area contributed by atoms with Gasteiger partial charge in [-0.3, -0.25) is 9.69 Å². The minimum absolute atomic E-state index is 0.0407. The number of rotatable bonds is 6. The van der Waals surface area contributed by atoms with Crippen LogP contribution in [0.4, 0.5) is 8.78 Å². The molecule has 1 aliphatic heterocycles. The summed E-state index contributed by atoms with van der Waals surface area (Å²) in [5, 5.41) is 3.87. The molecule has 0 atom stereocenters. The maximum Gasteiger partial charge on any atom is 0.277 e. The van der Waals surface area contributed by atoms with Crippen molar-refractivity contribution < 1.29 is 27.6 Å². The average Bonchev–Trinajstić information content (AvgIpc) is 3.34. The van der Waals surface area contributed by atoms with Gasteiger partial charge in [0.2, 0.25) is 5.82 Å². The van der Waals surface area contributed by atoms with Crippen molar-refractivity contribution in [2.24, 2.45) is 4.99 Å². The Kier molecular flexibility index (Phi) is 5.91. The third-order valence-electron chi connectivity index (χ3n) is 5.09. The molecular formula is C23H20F2N4O4. The number of aliphatic imine (C=N–C) groups is 1. The normalized spacial score (nSPS) is 14.7. The van der Waals surface area contributed by atoms with Gasteiger partial charge in [-0.25, -0.2) is 13.8 Å². The number of likely N-dealkylation sites (N-methyl/N-ethyl adjacent to an activating group) is 1. The predicted molar refractivity (Wildman–Crippen MR) is 116 cm³/mol. The zero-order valence-electron chi connectivity index (χ0n) is 18.3. The second-order valence-electron chi connectivity index (χ2n) is 7.35. The van der Waals surface area contributed by atoms with E-state index in [1.165, 1.54) is 11.0 Å². The lowest BCUT2D eigenvalue weighted by Crippen LogP contribution is -2.25. The Balaban J connectivity index is 1.49. The number of amidine groups is 1. The highest BCUT2D eigenvalue weighted by molar-refractivity contribution is 6.13. The fourth-order valence-corrected chi connectivity index (χ4v) is 3.19. The second-order valence-corrected chi connectivity index (χ2v) is 7.35. The highest BCUT2D eigenvalue weighted by atomic mass is 19.1. The van der Waals surface area contributed by atoms with Crippen molar-refractivity contribution in [3.8, 4) is 22.9 Å². The molecule has 1 amide bonds. The molecule has 0 unspecified atom stereocenters. The number of amides is 1. The van der Waals surface area contributed by atoms with E-state index >= 15 is 0 Å². The van der Waals surface area contributed by atoms with Gasteiger partial charge in [0.25, 0.3) is 11.8 Å². The minimum Gasteiger partial charge on any atom is -0.496 e. The van der Waals surface area contributed by atoms with Gasteiger partial charge in [-0.1, -0.05) is 17.3 Å². The number of hydrogen-bond acceptors (Lipinski definition) is 7. The van der Waals surface area contributed by atoms with Gasteiger partial charge in [0.15, 0.2) is 24.0 Å². The number of aryl methyl sites for hydroxylation is 1. The summed E-state index contributed by atoms with van der Waals surface area (Å²) < 4.78 is 44.7. The SMILES string of the molecule is COc1cc(-c2noc(COc3c(F)cc(/C=C4/N=C(C)N(C)C4=O)cc3F)n2)ccc1C.